The highest BCUT2D eigenvalue weighted by Gasteiger charge is 2.25. The lowest BCUT2D eigenvalue weighted by Gasteiger charge is -2.29. The van der Waals surface area contributed by atoms with E-state index in [0.717, 1.165) is 41.4 Å². The molecule has 1 aliphatic heterocycles. The molecule has 0 bridgehead atoms. The Labute approximate surface area is 158 Å². The Hall–Kier alpha value is -2.86. The molecular weight excluding hydrogens is 342 g/mol. The second kappa shape index (κ2) is 7.40. The Morgan fingerprint density at radius 3 is 2.52 bits per heavy atom. The smallest absolute Gasteiger partial charge is 0.306 e. The van der Waals surface area contributed by atoms with Crippen molar-refractivity contribution in [2.45, 2.75) is 19.4 Å². The number of piperidine rings is 1. The van der Waals surface area contributed by atoms with Crippen LogP contribution in [0.5, 0.6) is 5.75 Å². The average Bonchev–Trinajstić information content (AvgIpc) is 3.06. The number of methoxy groups -OCH3 is 1. The third kappa shape index (κ3) is 3.53. The summed E-state index contributed by atoms with van der Waals surface area (Å²) in [6.07, 6.45) is 1.39. The van der Waals surface area contributed by atoms with E-state index in [2.05, 4.69) is 15.5 Å². The number of likely N-dealkylation sites (tertiary alicyclic amines) is 1. The first-order valence-corrected chi connectivity index (χ1v) is 9.21. The Kier molecular flexibility index (Phi) is 4.81. The molecule has 0 unspecified atom stereocenters. The number of aromatic nitrogens is 2. The Balaban J connectivity index is 1.65. The average molecular weight is 365 g/mol. The summed E-state index contributed by atoms with van der Waals surface area (Å²) in [7, 11) is 1.66. The van der Waals surface area contributed by atoms with Gasteiger partial charge in [0.15, 0.2) is 0 Å². The van der Waals surface area contributed by atoms with Gasteiger partial charge >= 0.3 is 5.97 Å². The van der Waals surface area contributed by atoms with Gasteiger partial charge in [-0.15, -0.1) is 0 Å². The van der Waals surface area contributed by atoms with Crippen LogP contribution in [0.1, 0.15) is 18.7 Å². The topological polar surface area (TPSA) is 67.6 Å². The molecule has 4 rings (SSSR count). The maximum absolute atomic E-state index is 11.2. The van der Waals surface area contributed by atoms with Crippen molar-refractivity contribution < 1.29 is 14.6 Å². The van der Waals surface area contributed by atoms with Crippen LogP contribution in [0.4, 0.5) is 0 Å². The zero-order valence-corrected chi connectivity index (χ0v) is 15.3. The zero-order valence-electron chi connectivity index (χ0n) is 15.3. The van der Waals surface area contributed by atoms with Gasteiger partial charge in [-0.05, 0) is 62.3 Å². The highest BCUT2D eigenvalue weighted by Crippen LogP contribution is 2.25. The van der Waals surface area contributed by atoms with Gasteiger partial charge < -0.3 is 9.84 Å². The van der Waals surface area contributed by atoms with Crippen molar-refractivity contribution in [3.63, 3.8) is 0 Å². The fraction of sp³-hybridized carbons (Fsp3) is 0.333. The monoisotopic (exact) mass is 365 g/mol. The van der Waals surface area contributed by atoms with Crippen molar-refractivity contribution >= 4 is 17.0 Å². The molecule has 0 aliphatic carbocycles. The number of carbonyl (C=O) groups is 1. The summed E-state index contributed by atoms with van der Waals surface area (Å²) in [6.45, 7) is 2.26. The molecule has 6 heteroatoms. The van der Waals surface area contributed by atoms with E-state index in [1.807, 2.05) is 42.5 Å². The van der Waals surface area contributed by atoms with Gasteiger partial charge in [-0.2, -0.15) is 0 Å². The van der Waals surface area contributed by atoms with Crippen LogP contribution in [0, 0.1) is 5.92 Å². The fourth-order valence-electron chi connectivity index (χ4n) is 3.74. The van der Waals surface area contributed by atoms with Crippen LogP contribution in [0.25, 0.3) is 16.7 Å². The summed E-state index contributed by atoms with van der Waals surface area (Å²) in [5.74, 6) is 0.886. The Morgan fingerprint density at radius 2 is 1.85 bits per heavy atom. The third-order valence-corrected chi connectivity index (χ3v) is 5.26. The van der Waals surface area contributed by atoms with Gasteiger partial charge in [0.2, 0.25) is 0 Å². The number of benzene rings is 2. The molecule has 0 atom stereocenters. The highest BCUT2D eigenvalue weighted by atomic mass is 16.5. The lowest BCUT2D eigenvalue weighted by atomic mass is 9.97. The molecule has 6 nitrogen and oxygen atoms in total. The van der Waals surface area contributed by atoms with E-state index in [9.17, 15) is 9.90 Å². The molecule has 1 aromatic heterocycles. The van der Waals surface area contributed by atoms with Crippen molar-refractivity contribution in [1.29, 1.82) is 0 Å². The number of carboxylic acid groups (broad SMARTS) is 1. The van der Waals surface area contributed by atoms with Crippen LogP contribution in [-0.2, 0) is 11.3 Å². The molecule has 0 saturated carbocycles. The number of ether oxygens (including phenoxy) is 1. The molecule has 1 aliphatic rings. The Morgan fingerprint density at radius 1 is 1.15 bits per heavy atom. The van der Waals surface area contributed by atoms with Gasteiger partial charge in [-0.3, -0.25) is 14.3 Å². The van der Waals surface area contributed by atoms with Crippen molar-refractivity contribution in [1.82, 2.24) is 14.5 Å². The molecule has 1 fully saturated rings. The molecule has 0 spiro atoms. The Bertz CT molecular complexity index is 941. The second-order valence-corrected chi connectivity index (χ2v) is 6.94. The number of hydrogen-bond donors (Lipinski definition) is 1. The number of imidazole rings is 1. The molecule has 1 N–H and O–H groups in total. The summed E-state index contributed by atoms with van der Waals surface area (Å²) in [5.41, 5.74) is 3.07. The van der Waals surface area contributed by atoms with E-state index in [4.69, 9.17) is 9.72 Å². The molecule has 0 radical (unpaired) electrons. The van der Waals surface area contributed by atoms with E-state index in [-0.39, 0.29) is 5.92 Å². The van der Waals surface area contributed by atoms with Gasteiger partial charge in [-0.1, -0.05) is 12.1 Å². The van der Waals surface area contributed by atoms with Gasteiger partial charge in [0, 0.05) is 5.69 Å². The van der Waals surface area contributed by atoms with E-state index in [1.165, 1.54) is 0 Å². The lowest BCUT2D eigenvalue weighted by Crippen LogP contribution is -2.36. The number of hydrogen-bond acceptors (Lipinski definition) is 4. The number of nitrogens with zero attached hydrogens (tertiary/aromatic N) is 3. The van der Waals surface area contributed by atoms with Gasteiger partial charge in [-0.25, -0.2) is 4.98 Å². The number of para-hydroxylation sites is 2. The standard InChI is InChI=1S/C21H23N3O3/c1-27-17-8-6-16(7-9-17)24-19-5-3-2-4-18(19)22-20(24)14-23-12-10-15(11-13-23)21(25)26/h2-9,15H,10-14H2,1H3,(H,25,26). The number of fused-ring (bicyclic) bond motifs is 1. The maximum Gasteiger partial charge on any atom is 0.306 e. The normalized spacial score (nSPS) is 15.9. The molecule has 27 heavy (non-hydrogen) atoms. The first-order valence-electron chi connectivity index (χ1n) is 9.21. The quantitative estimate of drug-likeness (QED) is 0.751. The highest BCUT2D eigenvalue weighted by molar-refractivity contribution is 5.78. The number of aliphatic carboxylic acids is 1. The zero-order chi connectivity index (χ0) is 18.8. The van der Waals surface area contributed by atoms with Crippen LogP contribution in [0.2, 0.25) is 0 Å². The largest absolute Gasteiger partial charge is 0.497 e. The van der Waals surface area contributed by atoms with Crippen LogP contribution < -0.4 is 4.74 Å². The molecule has 2 aromatic carbocycles. The summed E-state index contributed by atoms with van der Waals surface area (Å²) in [5, 5.41) is 9.20. The van der Waals surface area contributed by atoms with Crippen LogP contribution >= 0.6 is 0 Å². The van der Waals surface area contributed by atoms with Crippen LogP contribution in [0.15, 0.2) is 48.5 Å². The minimum Gasteiger partial charge on any atom is -0.497 e. The predicted molar refractivity (Wildman–Crippen MR) is 103 cm³/mol. The van der Waals surface area contributed by atoms with E-state index >= 15 is 0 Å². The van der Waals surface area contributed by atoms with Crippen LogP contribution in [-0.4, -0.2) is 45.7 Å². The van der Waals surface area contributed by atoms with E-state index in [0.29, 0.717) is 19.4 Å². The van der Waals surface area contributed by atoms with Gasteiger partial charge in [0.05, 0.1) is 30.6 Å². The second-order valence-electron chi connectivity index (χ2n) is 6.94. The van der Waals surface area contributed by atoms with Gasteiger partial charge in [0.25, 0.3) is 0 Å². The summed E-state index contributed by atoms with van der Waals surface area (Å²) in [6, 6.07) is 16.1. The molecule has 3 aromatic rings. The predicted octanol–water partition coefficient (Wildman–Crippen LogP) is 3.33. The van der Waals surface area contributed by atoms with E-state index < -0.39 is 5.97 Å². The summed E-state index contributed by atoms with van der Waals surface area (Å²) < 4.78 is 7.45. The first-order chi connectivity index (χ1) is 13.2. The lowest BCUT2D eigenvalue weighted by molar-refractivity contribution is -0.143. The third-order valence-electron chi connectivity index (χ3n) is 5.26. The summed E-state index contributed by atoms with van der Waals surface area (Å²) in [4.78, 5) is 18.3. The van der Waals surface area contributed by atoms with Crippen molar-refractivity contribution in [2.75, 3.05) is 20.2 Å². The molecular formula is C21H23N3O3. The van der Waals surface area contributed by atoms with Crippen molar-refractivity contribution in [3.8, 4) is 11.4 Å². The molecule has 140 valence electrons. The summed E-state index contributed by atoms with van der Waals surface area (Å²) >= 11 is 0. The van der Waals surface area contributed by atoms with Crippen molar-refractivity contribution in [2.24, 2.45) is 5.92 Å². The first kappa shape index (κ1) is 17.5. The van der Waals surface area contributed by atoms with Crippen molar-refractivity contribution in [3.05, 3.63) is 54.4 Å². The fourth-order valence-corrected chi connectivity index (χ4v) is 3.74. The molecule has 0 amide bonds. The van der Waals surface area contributed by atoms with Gasteiger partial charge in [0.1, 0.15) is 11.6 Å². The minimum atomic E-state index is -0.680. The van der Waals surface area contributed by atoms with Crippen LogP contribution in [0.3, 0.4) is 0 Å². The molecule has 1 saturated heterocycles. The SMILES string of the molecule is COc1ccc(-n2c(CN3CCC(C(=O)O)CC3)nc3ccccc32)cc1. The minimum absolute atomic E-state index is 0.221. The molecule has 2 heterocycles. The number of carboxylic acids is 1. The van der Waals surface area contributed by atoms with E-state index in [1.54, 1.807) is 7.11 Å². The number of rotatable bonds is 5. The maximum atomic E-state index is 11.2.